The first-order valence-corrected chi connectivity index (χ1v) is 23.9. The normalized spacial score (nSPS) is 14.0. The molecule has 9 nitrogen and oxygen atoms in total. The van der Waals surface area contributed by atoms with E-state index in [1.54, 1.807) is 0 Å². The lowest BCUT2D eigenvalue weighted by molar-refractivity contribution is -0.870. The maximum atomic E-state index is 12.7. The summed E-state index contributed by atoms with van der Waals surface area (Å²) in [4.78, 5) is 35.4. The Morgan fingerprint density at radius 2 is 0.964 bits per heavy atom. The molecule has 326 valence electrons. The fourth-order valence-electron chi connectivity index (χ4n) is 5.78. The van der Waals surface area contributed by atoms with Crippen molar-refractivity contribution in [2.75, 3.05) is 47.5 Å². The summed E-state index contributed by atoms with van der Waals surface area (Å²) in [5.74, 6) is -0.825. The number of ether oxygens (including phenoxy) is 2. The molecule has 10 heteroatoms. The highest BCUT2D eigenvalue weighted by Crippen LogP contribution is 2.43. The van der Waals surface area contributed by atoms with Gasteiger partial charge in [0.1, 0.15) is 19.8 Å². The summed E-state index contributed by atoms with van der Waals surface area (Å²) >= 11 is 0. The monoisotopic (exact) mass is 811 g/mol. The molecule has 0 aliphatic carbocycles. The molecule has 0 saturated heterocycles. The number of nitrogens with zero attached hydrogens (tertiary/aromatic N) is 1. The van der Waals surface area contributed by atoms with Crippen LogP contribution in [0, 0.1) is 0 Å². The summed E-state index contributed by atoms with van der Waals surface area (Å²) in [6.07, 6.45) is 44.3. The van der Waals surface area contributed by atoms with Crippen LogP contribution in [0.4, 0.5) is 0 Å². The second kappa shape index (κ2) is 38.5. The largest absolute Gasteiger partial charge is 0.472 e. The highest BCUT2D eigenvalue weighted by Gasteiger charge is 2.27. The minimum Gasteiger partial charge on any atom is -0.462 e. The average molecular weight is 811 g/mol. The van der Waals surface area contributed by atoms with Crippen molar-refractivity contribution in [3.05, 3.63) is 48.6 Å². The Kier molecular flexibility index (Phi) is 37.1. The zero-order chi connectivity index (χ0) is 41.4. The van der Waals surface area contributed by atoms with Gasteiger partial charge in [0.05, 0.1) is 27.7 Å². The number of hydrogen-bond donors (Lipinski definition) is 1. The molecule has 0 saturated carbocycles. The number of likely N-dealkylation sites (N-methyl/N-ethyl adjacent to an activating group) is 1. The second-order valence-electron chi connectivity index (χ2n) is 16.1. The predicted molar refractivity (Wildman–Crippen MR) is 233 cm³/mol. The predicted octanol–water partition coefficient (Wildman–Crippen LogP) is 12.7. The number of carbonyl (C=O) groups is 2. The molecule has 2 atom stereocenters. The smallest absolute Gasteiger partial charge is 0.462 e. The fraction of sp³-hybridized carbons (Fsp3) is 0.783. The maximum absolute atomic E-state index is 12.7. The zero-order valence-electron chi connectivity index (χ0n) is 36.6. The van der Waals surface area contributed by atoms with Crippen LogP contribution >= 0.6 is 7.82 Å². The van der Waals surface area contributed by atoms with E-state index in [9.17, 15) is 19.0 Å². The third kappa shape index (κ3) is 41.6. The fourth-order valence-corrected chi connectivity index (χ4v) is 6.52. The van der Waals surface area contributed by atoms with Crippen LogP contribution < -0.4 is 0 Å². The van der Waals surface area contributed by atoms with E-state index in [4.69, 9.17) is 18.5 Å². The van der Waals surface area contributed by atoms with Crippen molar-refractivity contribution in [3.8, 4) is 0 Å². The Morgan fingerprint density at radius 3 is 1.41 bits per heavy atom. The minimum atomic E-state index is -4.38. The molecule has 0 aromatic carbocycles. The Bertz CT molecular complexity index is 1100. The molecule has 0 radical (unpaired) electrons. The van der Waals surface area contributed by atoms with Crippen molar-refractivity contribution in [1.82, 2.24) is 0 Å². The zero-order valence-corrected chi connectivity index (χ0v) is 37.5. The van der Waals surface area contributed by atoms with Crippen LogP contribution in [-0.2, 0) is 32.7 Å². The Hall–Kier alpha value is -2.03. The first-order valence-electron chi connectivity index (χ1n) is 22.4. The molecule has 0 amide bonds. The lowest BCUT2D eigenvalue weighted by Crippen LogP contribution is -2.37. The third-order valence-electron chi connectivity index (χ3n) is 9.33. The number of rotatable bonds is 40. The topological polar surface area (TPSA) is 108 Å². The van der Waals surface area contributed by atoms with Crippen LogP contribution in [0.5, 0.6) is 0 Å². The van der Waals surface area contributed by atoms with Crippen molar-refractivity contribution in [2.24, 2.45) is 0 Å². The second-order valence-corrected chi connectivity index (χ2v) is 17.5. The number of quaternary nitrogens is 1. The number of phosphoric acid groups is 1. The number of unbranched alkanes of at least 4 members (excludes halogenated alkanes) is 18. The summed E-state index contributed by atoms with van der Waals surface area (Å²) in [5.41, 5.74) is 0. The molecule has 0 fully saturated rings. The van der Waals surface area contributed by atoms with E-state index >= 15 is 0 Å². The van der Waals surface area contributed by atoms with Crippen molar-refractivity contribution in [2.45, 2.75) is 187 Å². The van der Waals surface area contributed by atoms with Crippen molar-refractivity contribution in [1.29, 1.82) is 0 Å². The van der Waals surface area contributed by atoms with Crippen LogP contribution in [0.1, 0.15) is 181 Å². The van der Waals surface area contributed by atoms with Crippen LogP contribution in [0.15, 0.2) is 48.6 Å². The van der Waals surface area contributed by atoms with Gasteiger partial charge in [0, 0.05) is 12.8 Å². The van der Waals surface area contributed by atoms with Crippen molar-refractivity contribution < 1.29 is 42.1 Å². The molecule has 0 aliphatic heterocycles. The number of phosphoric ester groups is 1. The number of hydrogen-bond acceptors (Lipinski definition) is 7. The van der Waals surface area contributed by atoms with Gasteiger partial charge < -0.3 is 18.9 Å². The van der Waals surface area contributed by atoms with Gasteiger partial charge in [0.15, 0.2) is 6.10 Å². The van der Waals surface area contributed by atoms with Gasteiger partial charge in [-0.25, -0.2) is 4.57 Å². The summed E-state index contributed by atoms with van der Waals surface area (Å²) in [7, 11) is 1.46. The van der Waals surface area contributed by atoms with E-state index in [-0.39, 0.29) is 32.0 Å². The third-order valence-corrected chi connectivity index (χ3v) is 10.3. The van der Waals surface area contributed by atoms with E-state index in [0.29, 0.717) is 17.4 Å². The van der Waals surface area contributed by atoms with Gasteiger partial charge in [-0.15, -0.1) is 0 Å². The molecule has 0 rings (SSSR count). The highest BCUT2D eigenvalue weighted by molar-refractivity contribution is 7.47. The first-order chi connectivity index (χ1) is 27.0. The summed E-state index contributed by atoms with van der Waals surface area (Å²) in [6, 6.07) is 0. The van der Waals surface area contributed by atoms with Crippen molar-refractivity contribution >= 4 is 19.8 Å². The Labute approximate surface area is 343 Å². The number of esters is 2. The molecule has 0 aromatic heterocycles. The molecule has 0 heterocycles. The lowest BCUT2D eigenvalue weighted by atomic mass is 10.1. The van der Waals surface area contributed by atoms with Gasteiger partial charge >= 0.3 is 19.8 Å². The number of carbonyl (C=O) groups excluding carboxylic acids is 2. The summed E-state index contributed by atoms with van der Waals surface area (Å²) in [5, 5.41) is 0. The molecule has 0 aliphatic rings. The van der Waals surface area contributed by atoms with Gasteiger partial charge in [-0.2, -0.15) is 0 Å². The van der Waals surface area contributed by atoms with Gasteiger partial charge in [-0.1, -0.05) is 140 Å². The first kappa shape index (κ1) is 54.0. The molecule has 56 heavy (non-hydrogen) atoms. The van der Waals surface area contributed by atoms with E-state index in [2.05, 4.69) is 62.5 Å². The molecule has 0 bridgehead atoms. The lowest BCUT2D eigenvalue weighted by Gasteiger charge is -2.24. The highest BCUT2D eigenvalue weighted by atomic mass is 31.2. The van der Waals surface area contributed by atoms with E-state index in [1.807, 2.05) is 21.1 Å². The standard InChI is InChI=1S/C46H84NO8P/c1-6-8-10-12-14-16-18-20-22-23-25-27-29-31-33-35-37-39-46(49)55-44(43-54-56(50,51)53-41-40-47(3,4)5)42-52-45(48)38-36-34-32-30-28-26-24-21-19-17-15-13-11-9-7-2/h14-17,20-22,24,44H,6-13,18-19,23,25-43H2,1-5H3/p+1/b16-14-,17-15-,22-20-,24-21-. The minimum absolute atomic E-state index is 0.0262. The molecule has 1 N–H and O–H groups in total. The van der Waals surface area contributed by atoms with E-state index in [1.165, 1.54) is 70.6 Å². The van der Waals surface area contributed by atoms with Crippen LogP contribution in [0.25, 0.3) is 0 Å². The Balaban J connectivity index is 4.39. The van der Waals surface area contributed by atoms with E-state index in [0.717, 1.165) is 77.0 Å². The van der Waals surface area contributed by atoms with Crippen LogP contribution in [0.3, 0.4) is 0 Å². The average Bonchev–Trinajstić information content (AvgIpc) is 3.15. The molecule has 2 unspecified atom stereocenters. The van der Waals surface area contributed by atoms with E-state index < -0.39 is 26.5 Å². The van der Waals surface area contributed by atoms with Gasteiger partial charge in [-0.3, -0.25) is 18.6 Å². The Morgan fingerprint density at radius 1 is 0.554 bits per heavy atom. The maximum Gasteiger partial charge on any atom is 0.472 e. The van der Waals surface area contributed by atoms with Crippen LogP contribution in [-0.4, -0.2) is 74.9 Å². The number of allylic oxidation sites excluding steroid dienone is 8. The SMILES string of the molecule is CCCCC/C=C\C/C=C\CCCCCCCCCC(=O)OC(COC(=O)CCCCCCC/C=C\C/C=C\CCCCC)COP(=O)(O)OCC[N+](C)(C)C. The van der Waals surface area contributed by atoms with Gasteiger partial charge in [0.25, 0.3) is 0 Å². The molecular weight excluding hydrogens is 725 g/mol. The van der Waals surface area contributed by atoms with Gasteiger partial charge in [0.2, 0.25) is 0 Å². The molecule has 0 aromatic rings. The quantitative estimate of drug-likeness (QED) is 0.0214. The summed E-state index contributed by atoms with van der Waals surface area (Å²) < 4.78 is 34.3. The van der Waals surface area contributed by atoms with Gasteiger partial charge in [-0.05, 0) is 77.0 Å². The summed E-state index contributed by atoms with van der Waals surface area (Å²) in [6.45, 7) is 4.34. The van der Waals surface area contributed by atoms with Crippen LogP contribution in [0.2, 0.25) is 0 Å². The van der Waals surface area contributed by atoms with Crippen molar-refractivity contribution in [3.63, 3.8) is 0 Å². The molecule has 0 spiro atoms. The molecular formula is C46H85NO8P+.